The molecule has 39 heavy (non-hydrogen) atoms. The zero-order valence-corrected chi connectivity index (χ0v) is 23.9. The van der Waals surface area contributed by atoms with Crippen molar-refractivity contribution in [2.75, 3.05) is 13.2 Å². The average molecular weight is 537 g/mol. The third kappa shape index (κ3) is 9.13. The summed E-state index contributed by atoms with van der Waals surface area (Å²) in [4.78, 5) is 26.8. The molecule has 1 N–H and O–H groups in total. The molecule has 1 unspecified atom stereocenters. The first-order chi connectivity index (χ1) is 18.8. The minimum atomic E-state index is -0.970. The molecular weight excluding hydrogens is 492 g/mol. The van der Waals surface area contributed by atoms with Gasteiger partial charge >= 0.3 is 5.97 Å². The molecule has 7 nitrogen and oxygen atoms in total. The fourth-order valence-corrected chi connectivity index (χ4v) is 4.63. The van der Waals surface area contributed by atoms with Crippen LogP contribution in [0, 0.1) is 0 Å². The van der Waals surface area contributed by atoms with E-state index < -0.39 is 12.1 Å². The van der Waals surface area contributed by atoms with E-state index in [-0.39, 0.29) is 25.0 Å². The highest BCUT2D eigenvalue weighted by Crippen LogP contribution is 2.21. The molecule has 3 aromatic rings. The average Bonchev–Trinajstić information content (AvgIpc) is 3.26. The van der Waals surface area contributed by atoms with Gasteiger partial charge in [-0.05, 0) is 55.0 Å². The molecule has 0 bridgehead atoms. The van der Waals surface area contributed by atoms with Crippen LogP contribution in [-0.4, -0.2) is 51.8 Å². The number of carbonyl (C=O) groups is 2. The van der Waals surface area contributed by atoms with E-state index in [1.165, 1.54) is 24.6 Å². The Morgan fingerprint density at radius 2 is 1.72 bits per heavy atom. The highest BCUT2D eigenvalue weighted by atomic mass is 16.5. The van der Waals surface area contributed by atoms with Gasteiger partial charge in [-0.25, -0.2) is 4.79 Å². The third-order valence-electron chi connectivity index (χ3n) is 7.24. The van der Waals surface area contributed by atoms with E-state index >= 15 is 0 Å². The third-order valence-corrected chi connectivity index (χ3v) is 7.24. The molecule has 0 aliphatic rings. The van der Waals surface area contributed by atoms with Gasteiger partial charge in [-0.1, -0.05) is 69.9 Å². The molecule has 0 saturated heterocycles. The number of ether oxygens (including phenoxy) is 2. The molecule has 2 aromatic carbocycles. The van der Waals surface area contributed by atoms with Gasteiger partial charge in [0.2, 0.25) is 0 Å². The summed E-state index contributed by atoms with van der Waals surface area (Å²) in [6.45, 7) is 7.22. The molecule has 1 amide bonds. The molecule has 0 aliphatic heterocycles. The van der Waals surface area contributed by atoms with Crippen molar-refractivity contribution in [1.82, 2.24) is 9.47 Å². The van der Waals surface area contributed by atoms with Crippen LogP contribution in [0.1, 0.15) is 70.6 Å². The minimum absolute atomic E-state index is 0.0484. The van der Waals surface area contributed by atoms with Crippen molar-refractivity contribution in [2.45, 2.75) is 84.5 Å². The van der Waals surface area contributed by atoms with Crippen molar-refractivity contribution in [1.29, 1.82) is 0 Å². The number of unbranched alkanes of at least 4 members (excludes halogenated alkanes) is 4. The Bertz CT molecular complexity index is 1190. The van der Waals surface area contributed by atoms with Crippen molar-refractivity contribution < 1.29 is 24.2 Å². The first kappa shape index (κ1) is 30.2. The summed E-state index contributed by atoms with van der Waals surface area (Å²) in [5.41, 5.74) is 3.09. The minimum Gasteiger partial charge on any atom is -0.484 e. The largest absolute Gasteiger partial charge is 0.484 e. The summed E-state index contributed by atoms with van der Waals surface area (Å²) < 4.78 is 13.7. The molecule has 3 rings (SSSR count). The quantitative estimate of drug-likeness (QED) is 0.203. The predicted molar refractivity (Wildman–Crippen MR) is 155 cm³/mol. The molecule has 1 aromatic heterocycles. The summed E-state index contributed by atoms with van der Waals surface area (Å²) in [5, 5.41) is 10.7. The SMILES string of the molecule is CCCCCCCN(Cc1cc2ccccc2n1C)C(=O)COc1ccc(C[C@H](OC(C)CC)C(=O)O)cc1. The van der Waals surface area contributed by atoms with E-state index in [2.05, 4.69) is 29.7 Å². The Morgan fingerprint density at radius 3 is 2.38 bits per heavy atom. The molecule has 7 heteroatoms. The zero-order valence-electron chi connectivity index (χ0n) is 23.9. The summed E-state index contributed by atoms with van der Waals surface area (Å²) in [5.74, 6) is -0.441. The molecule has 0 radical (unpaired) electrons. The van der Waals surface area contributed by atoms with Crippen molar-refractivity contribution >= 4 is 22.8 Å². The van der Waals surface area contributed by atoms with Gasteiger partial charge in [0.15, 0.2) is 12.7 Å². The number of carboxylic acid groups (broad SMARTS) is 1. The molecule has 0 fully saturated rings. The van der Waals surface area contributed by atoms with Crippen LogP contribution in [0.4, 0.5) is 0 Å². The van der Waals surface area contributed by atoms with Crippen molar-refractivity contribution in [3.63, 3.8) is 0 Å². The van der Waals surface area contributed by atoms with E-state index in [4.69, 9.17) is 9.47 Å². The first-order valence-corrected chi connectivity index (χ1v) is 14.2. The van der Waals surface area contributed by atoms with Crippen molar-refractivity contribution in [3.05, 3.63) is 65.9 Å². The van der Waals surface area contributed by atoms with Gasteiger partial charge in [0.1, 0.15) is 5.75 Å². The Kier molecular flexibility index (Phi) is 11.9. The Morgan fingerprint density at radius 1 is 1.00 bits per heavy atom. The van der Waals surface area contributed by atoms with Gasteiger partial charge in [-0.2, -0.15) is 0 Å². The summed E-state index contributed by atoms with van der Waals surface area (Å²) >= 11 is 0. The Labute approximate surface area is 232 Å². The van der Waals surface area contributed by atoms with Crippen LogP contribution in [0.15, 0.2) is 54.6 Å². The van der Waals surface area contributed by atoms with Crippen LogP contribution < -0.4 is 4.74 Å². The van der Waals surface area contributed by atoms with Gasteiger partial charge < -0.3 is 24.0 Å². The highest BCUT2D eigenvalue weighted by Gasteiger charge is 2.21. The summed E-state index contributed by atoms with van der Waals surface area (Å²) in [7, 11) is 2.04. The topological polar surface area (TPSA) is 81.0 Å². The number of aryl methyl sites for hydroxylation is 1. The van der Waals surface area contributed by atoms with Gasteiger partial charge in [0, 0.05) is 31.2 Å². The molecule has 2 atom stereocenters. The van der Waals surface area contributed by atoms with E-state index in [1.54, 1.807) is 12.1 Å². The summed E-state index contributed by atoms with van der Waals surface area (Å²) in [6.07, 6.45) is 5.66. The second kappa shape index (κ2) is 15.3. The molecular formula is C32H44N2O5. The van der Waals surface area contributed by atoms with Gasteiger partial charge in [0.05, 0.1) is 12.6 Å². The van der Waals surface area contributed by atoms with E-state index in [1.807, 2.05) is 50.1 Å². The number of amides is 1. The lowest BCUT2D eigenvalue weighted by atomic mass is 10.1. The van der Waals surface area contributed by atoms with Crippen molar-refractivity contribution in [3.8, 4) is 5.75 Å². The summed E-state index contributed by atoms with van der Waals surface area (Å²) in [6, 6.07) is 17.6. The van der Waals surface area contributed by atoms with E-state index in [9.17, 15) is 14.7 Å². The predicted octanol–water partition coefficient (Wildman–Crippen LogP) is 6.37. The number of fused-ring (bicyclic) bond motifs is 1. The number of carboxylic acids is 1. The molecule has 212 valence electrons. The maximum Gasteiger partial charge on any atom is 0.333 e. The molecule has 0 spiro atoms. The maximum atomic E-state index is 13.3. The fourth-order valence-electron chi connectivity index (χ4n) is 4.63. The maximum absolute atomic E-state index is 13.3. The van der Waals surface area contributed by atoms with Crippen LogP contribution in [0.25, 0.3) is 10.9 Å². The number of benzene rings is 2. The molecule has 0 aliphatic carbocycles. The number of aromatic nitrogens is 1. The number of para-hydroxylation sites is 1. The smallest absolute Gasteiger partial charge is 0.333 e. The number of hydrogen-bond donors (Lipinski definition) is 1. The van der Waals surface area contributed by atoms with Gasteiger partial charge in [0.25, 0.3) is 5.91 Å². The first-order valence-electron chi connectivity index (χ1n) is 14.2. The number of nitrogens with zero attached hydrogens (tertiary/aromatic N) is 2. The zero-order chi connectivity index (χ0) is 28.2. The Balaban J connectivity index is 1.62. The van der Waals surface area contributed by atoms with Crippen LogP contribution in [0.5, 0.6) is 5.75 Å². The lowest BCUT2D eigenvalue weighted by Gasteiger charge is -2.23. The van der Waals surface area contributed by atoms with E-state index in [0.717, 1.165) is 36.0 Å². The molecule has 1 heterocycles. The lowest BCUT2D eigenvalue weighted by molar-refractivity contribution is -0.153. The molecule has 0 saturated carbocycles. The normalized spacial score (nSPS) is 12.8. The second-order valence-electron chi connectivity index (χ2n) is 10.3. The van der Waals surface area contributed by atoms with Gasteiger partial charge in [-0.3, -0.25) is 4.79 Å². The standard InChI is InChI=1S/C32H44N2O5/c1-5-7-8-9-12-19-34(22-27-21-26-13-10-11-14-29(26)33(27)4)31(35)23-38-28-17-15-25(16-18-28)20-30(32(36)37)39-24(3)6-2/h10-11,13-18,21,24,30H,5-9,12,19-20,22-23H2,1-4H3,(H,36,37)/t24?,30-/m0/s1. The number of rotatable bonds is 17. The lowest BCUT2D eigenvalue weighted by Crippen LogP contribution is -2.35. The van der Waals surface area contributed by atoms with Crippen LogP contribution in [0.2, 0.25) is 0 Å². The van der Waals surface area contributed by atoms with E-state index in [0.29, 0.717) is 18.8 Å². The van der Waals surface area contributed by atoms with Crippen LogP contribution in [0.3, 0.4) is 0 Å². The van der Waals surface area contributed by atoms with Crippen LogP contribution >= 0.6 is 0 Å². The fraction of sp³-hybridized carbons (Fsp3) is 0.500. The monoisotopic (exact) mass is 536 g/mol. The second-order valence-corrected chi connectivity index (χ2v) is 10.3. The number of aliphatic carboxylic acids is 1. The van der Waals surface area contributed by atoms with Crippen LogP contribution in [-0.2, 0) is 34.3 Å². The number of hydrogen-bond acceptors (Lipinski definition) is 4. The Hall–Kier alpha value is -3.32. The highest BCUT2D eigenvalue weighted by molar-refractivity contribution is 5.82. The van der Waals surface area contributed by atoms with Gasteiger partial charge in [-0.15, -0.1) is 0 Å². The van der Waals surface area contributed by atoms with Crippen molar-refractivity contribution in [2.24, 2.45) is 7.05 Å². The number of carbonyl (C=O) groups excluding carboxylic acids is 1.